The molecule has 2 nitrogen and oxygen atoms in total. The van der Waals surface area contributed by atoms with Gasteiger partial charge in [-0.05, 0) is 54.4 Å². The van der Waals surface area contributed by atoms with E-state index < -0.39 is 0 Å². The normalized spacial score (nSPS) is 31.0. The largest absolute Gasteiger partial charge is 0.309 e. The summed E-state index contributed by atoms with van der Waals surface area (Å²) in [7, 11) is 0. The van der Waals surface area contributed by atoms with Gasteiger partial charge in [-0.1, -0.05) is 32.9 Å². The van der Waals surface area contributed by atoms with E-state index in [1.54, 1.807) is 11.3 Å². The molecule has 1 saturated heterocycles. The number of aromatic nitrogens is 1. The van der Waals surface area contributed by atoms with Crippen molar-refractivity contribution >= 4 is 33.8 Å². The second kappa shape index (κ2) is 4.89. The van der Waals surface area contributed by atoms with Crippen LogP contribution in [-0.4, -0.2) is 22.1 Å². The first-order chi connectivity index (χ1) is 10.4. The van der Waals surface area contributed by atoms with E-state index in [0.29, 0.717) is 16.9 Å². The summed E-state index contributed by atoms with van der Waals surface area (Å²) in [5, 5.41) is 0. The molecule has 0 unspecified atom stereocenters. The summed E-state index contributed by atoms with van der Waals surface area (Å²) in [6, 6.07) is 9.32. The fourth-order valence-electron chi connectivity index (χ4n) is 5.07. The number of para-hydroxylation sites is 1. The van der Waals surface area contributed by atoms with Crippen LogP contribution in [0.5, 0.6) is 0 Å². The third kappa shape index (κ3) is 2.45. The Kier molecular flexibility index (Phi) is 3.30. The van der Waals surface area contributed by atoms with Gasteiger partial charge in [0.25, 0.3) is 0 Å². The van der Waals surface area contributed by atoms with E-state index in [0.717, 1.165) is 10.6 Å². The maximum absolute atomic E-state index is 5.64. The summed E-state index contributed by atoms with van der Waals surface area (Å²) in [5.41, 5.74) is 2.26. The van der Waals surface area contributed by atoms with Crippen LogP contribution < -0.4 is 0 Å². The Morgan fingerprint density at radius 1 is 1.23 bits per heavy atom. The van der Waals surface area contributed by atoms with Crippen molar-refractivity contribution < 1.29 is 0 Å². The highest BCUT2D eigenvalue weighted by atomic mass is 32.1. The lowest BCUT2D eigenvalue weighted by Gasteiger charge is -2.39. The molecule has 4 heteroatoms. The average molecular weight is 333 g/mol. The number of hydrogen-bond acceptors (Lipinski definition) is 3. The monoisotopic (exact) mass is 332 g/mol. The first-order valence-electron chi connectivity index (χ1n) is 8.18. The third-order valence-corrected chi connectivity index (χ3v) is 6.85. The second-order valence-electron chi connectivity index (χ2n) is 8.37. The fraction of sp³-hybridized carbons (Fsp3) is 0.611. The highest BCUT2D eigenvalue weighted by Gasteiger charge is 2.49. The van der Waals surface area contributed by atoms with Crippen LogP contribution in [0.25, 0.3) is 10.2 Å². The number of fused-ring (bicyclic) bond motifs is 3. The molecule has 1 aliphatic carbocycles. The molecule has 118 valence electrons. The lowest BCUT2D eigenvalue weighted by Crippen LogP contribution is -2.35. The minimum absolute atomic E-state index is 0.477. The molecular formula is C18H24N2S2. The Labute approximate surface area is 141 Å². The maximum atomic E-state index is 5.64. The number of nitrogens with zero attached hydrogens (tertiary/aromatic N) is 2. The highest BCUT2D eigenvalue weighted by molar-refractivity contribution is 7.73. The van der Waals surface area contributed by atoms with Crippen molar-refractivity contribution in [3.05, 3.63) is 28.2 Å². The first-order valence-corrected chi connectivity index (χ1v) is 9.40. The molecule has 1 aliphatic heterocycles. The molecule has 22 heavy (non-hydrogen) atoms. The summed E-state index contributed by atoms with van der Waals surface area (Å²) < 4.78 is 4.65. The Morgan fingerprint density at radius 2 is 2.00 bits per heavy atom. The molecule has 1 saturated carbocycles. The van der Waals surface area contributed by atoms with Crippen molar-refractivity contribution in [2.24, 2.45) is 10.8 Å². The van der Waals surface area contributed by atoms with Crippen LogP contribution in [0, 0.1) is 14.8 Å². The van der Waals surface area contributed by atoms with Crippen molar-refractivity contribution in [1.29, 1.82) is 0 Å². The number of likely N-dealkylation sites (tertiary alicyclic amines) is 1. The molecule has 2 aliphatic rings. The smallest absolute Gasteiger partial charge is 0.163 e. The van der Waals surface area contributed by atoms with Crippen LogP contribution in [0.2, 0.25) is 0 Å². The van der Waals surface area contributed by atoms with Crippen LogP contribution in [0.4, 0.5) is 0 Å². The van der Waals surface area contributed by atoms with Crippen molar-refractivity contribution in [2.45, 2.75) is 52.7 Å². The van der Waals surface area contributed by atoms with E-state index in [1.807, 2.05) is 0 Å². The van der Waals surface area contributed by atoms with Gasteiger partial charge in [0.2, 0.25) is 0 Å². The Bertz CT molecular complexity index is 773. The van der Waals surface area contributed by atoms with Gasteiger partial charge in [-0.25, -0.2) is 0 Å². The lowest BCUT2D eigenvalue weighted by atomic mass is 9.65. The van der Waals surface area contributed by atoms with E-state index in [9.17, 15) is 0 Å². The van der Waals surface area contributed by atoms with Gasteiger partial charge in [-0.2, -0.15) is 0 Å². The zero-order chi connectivity index (χ0) is 15.5. The molecule has 4 rings (SSSR count). The van der Waals surface area contributed by atoms with Crippen molar-refractivity contribution in [1.82, 2.24) is 9.47 Å². The molecule has 2 heterocycles. The summed E-state index contributed by atoms with van der Waals surface area (Å²) in [6.07, 6.45) is 4.02. The Hall–Kier alpha value is -0.710. The maximum Gasteiger partial charge on any atom is 0.163 e. The highest BCUT2D eigenvalue weighted by Crippen LogP contribution is 2.52. The quantitative estimate of drug-likeness (QED) is 0.690. The molecule has 0 spiro atoms. The number of hydrogen-bond donors (Lipinski definition) is 0. The predicted molar refractivity (Wildman–Crippen MR) is 96.9 cm³/mol. The van der Waals surface area contributed by atoms with Crippen LogP contribution in [0.3, 0.4) is 0 Å². The van der Waals surface area contributed by atoms with E-state index >= 15 is 0 Å². The van der Waals surface area contributed by atoms with Crippen LogP contribution in [0.15, 0.2) is 24.3 Å². The molecule has 0 N–H and O–H groups in total. The first kappa shape index (κ1) is 14.9. The molecular weight excluding hydrogens is 308 g/mol. The average Bonchev–Trinajstić information content (AvgIpc) is 2.84. The molecule has 1 aromatic heterocycles. The Balaban J connectivity index is 1.67. The van der Waals surface area contributed by atoms with E-state index in [2.05, 4.69) is 54.5 Å². The number of thiazole rings is 1. The van der Waals surface area contributed by atoms with Crippen LogP contribution >= 0.6 is 23.6 Å². The molecule has 2 bridgehead atoms. The van der Waals surface area contributed by atoms with E-state index in [4.69, 9.17) is 12.2 Å². The van der Waals surface area contributed by atoms with E-state index in [-0.39, 0.29) is 0 Å². The van der Waals surface area contributed by atoms with Crippen LogP contribution in [0.1, 0.15) is 40.0 Å². The zero-order valence-corrected chi connectivity index (χ0v) is 15.3. The van der Waals surface area contributed by atoms with Gasteiger partial charge < -0.3 is 4.57 Å². The number of benzene rings is 1. The van der Waals surface area contributed by atoms with Gasteiger partial charge in [0, 0.05) is 12.6 Å². The van der Waals surface area contributed by atoms with Crippen LogP contribution in [-0.2, 0) is 6.67 Å². The van der Waals surface area contributed by atoms with E-state index in [1.165, 1.54) is 36.0 Å². The van der Waals surface area contributed by atoms with Gasteiger partial charge in [-0.3, -0.25) is 4.90 Å². The summed E-state index contributed by atoms with van der Waals surface area (Å²) >= 11 is 7.37. The lowest BCUT2D eigenvalue weighted by molar-refractivity contribution is 0.122. The second-order valence-corrected chi connectivity index (χ2v) is 10.0. The fourth-order valence-corrected chi connectivity index (χ4v) is 6.38. The Morgan fingerprint density at radius 3 is 2.82 bits per heavy atom. The standard InChI is InChI=1S/C18H24N2S2/c1-17(2)8-13-9-18(3,10-17)11-19(13)12-20-14-6-4-5-7-15(14)22-16(20)21/h4-7,13H,8-12H2,1-3H3/t13-,18-/m0/s1. The van der Waals surface area contributed by atoms with Crippen molar-refractivity contribution in [3.8, 4) is 0 Å². The molecule has 1 aromatic carbocycles. The molecule has 2 atom stereocenters. The SMILES string of the molecule is CC1(C)C[C@H]2C[C@](C)(CN2Cn2c(=S)sc3ccccc32)C1. The summed E-state index contributed by atoms with van der Waals surface area (Å²) in [6.45, 7) is 9.53. The molecule has 0 amide bonds. The minimum Gasteiger partial charge on any atom is -0.309 e. The van der Waals surface area contributed by atoms with Gasteiger partial charge in [0.05, 0.1) is 16.9 Å². The molecule has 0 radical (unpaired) electrons. The van der Waals surface area contributed by atoms with Gasteiger partial charge >= 0.3 is 0 Å². The predicted octanol–water partition coefficient (Wildman–Crippen LogP) is 5.29. The number of rotatable bonds is 2. The third-order valence-electron chi connectivity index (χ3n) is 5.42. The molecule has 2 fully saturated rings. The van der Waals surface area contributed by atoms with Gasteiger partial charge in [-0.15, -0.1) is 11.3 Å². The van der Waals surface area contributed by atoms with Crippen molar-refractivity contribution in [3.63, 3.8) is 0 Å². The van der Waals surface area contributed by atoms with Crippen molar-refractivity contribution in [2.75, 3.05) is 6.54 Å². The topological polar surface area (TPSA) is 8.17 Å². The van der Waals surface area contributed by atoms with Gasteiger partial charge in [0.15, 0.2) is 3.95 Å². The summed E-state index contributed by atoms with van der Waals surface area (Å²) in [4.78, 5) is 2.68. The minimum atomic E-state index is 0.477. The summed E-state index contributed by atoms with van der Waals surface area (Å²) in [5.74, 6) is 0. The molecule has 2 aromatic rings. The zero-order valence-electron chi connectivity index (χ0n) is 13.6. The van der Waals surface area contributed by atoms with Gasteiger partial charge in [0.1, 0.15) is 0 Å².